The third-order valence-corrected chi connectivity index (χ3v) is 3.46. The summed E-state index contributed by atoms with van der Waals surface area (Å²) in [5.41, 5.74) is 2.28. The Hall–Kier alpha value is -2.25. The SMILES string of the molecule is O=C(CCNC(=O)OCC(F)(F)F)NC1CCc2ccccc21. The van der Waals surface area contributed by atoms with Gasteiger partial charge in [0, 0.05) is 13.0 Å². The predicted molar refractivity (Wildman–Crippen MR) is 75.7 cm³/mol. The number of nitrogens with one attached hydrogen (secondary N) is 2. The number of amides is 2. The van der Waals surface area contributed by atoms with Gasteiger partial charge in [-0.2, -0.15) is 13.2 Å². The lowest BCUT2D eigenvalue weighted by molar-refractivity contribution is -0.160. The van der Waals surface area contributed by atoms with Crippen molar-refractivity contribution in [3.63, 3.8) is 0 Å². The van der Waals surface area contributed by atoms with Crippen LogP contribution in [0, 0.1) is 0 Å². The Labute approximate surface area is 131 Å². The van der Waals surface area contributed by atoms with Crippen LogP contribution in [0.15, 0.2) is 24.3 Å². The zero-order valence-electron chi connectivity index (χ0n) is 12.3. The summed E-state index contributed by atoms with van der Waals surface area (Å²) >= 11 is 0. The molecular formula is C15H17F3N2O3. The molecule has 0 radical (unpaired) electrons. The number of carbonyl (C=O) groups excluding carboxylic acids is 2. The summed E-state index contributed by atoms with van der Waals surface area (Å²) < 4.78 is 39.5. The summed E-state index contributed by atoms with van der Waals surface area (Å²) in [5, 5.41) is 4.96. The molecule has 2 amide bonds. The van der Waals surface area contributed by atoms with Crippen LogP contribution < -0.4 is 10.6 Å². The molecule has 0 aromatic heterocycles. The first-order chi connectivity index (χ1) is 10.8. The fourth-order valence-electron chi connectivity index (χ4n) is 2.45. The molecule has 126 valence electrons. The van der Waals surface area contributed by atoms with Gasteiger partial charge in [-0.05, 0) is 24.0 Å². The average molecular weight is 330 g/mol. The van der Waals surface area contributed by atoms with Gasteiger partial charge >= 0.3 is 12.3 Å². The molecular weight excluding hydrogens is 313 g/mol. The third kappa shape index (κ3) is 5.46. The summed E-state index contributed by atoms with van der Waals surface area (Å²) in [7, 11) is 0. The number of aryl methyl sites for hydroxylation is 1. The first-order valence-electron chi connectivity index (χ1n) is 7.20. The van der Waals surface area contributed by atoms with E-state index in [2.05, 4.69) is 15.4 Å². The number of hydrogen-bond acceptors (Lipinski definition) is 3. The highest BCUT2D eigenvalue weighted by atomic mass is 19.4. The van der Waals surface area contributed by atoms with Crippen LogP contribution in [0.3, 0.4) is 0 Å². The van der Waals surface area contributed by atoms with Crippen molar-refractivity contribution in [2.75, 3.05) is 13.2 Å². The molecule has 0 heterocycles. The maximum absolute atomic E-state index is 11.8. The Morgan fingerprint density at radius 3 is 2.74 bits per heavy atom. The van der Waals surface area contributed by atoms with Crippen LogP contribution in [0.25, 0.3) is 0 Å². The highest BCUT2D eigenvalue weighted by Crippen LogP contribution is 2.30. The van der Waals surface area contributed by atoms with Crippen molar-refractivity contribution in [2.24, 2.45) is 0 Å². The van der Waals surface area contributed by atoms with E-state index in [-0.39, 0.29) is 24.9 Å². The van der Waals surface area contributed by atoms with E-state index in [1.807, 2.05) is 24.3 Å². The van der Waals surface area contributed by atoms with Gasteiger partial charge in [-0.1, -0.05) is 24.3 Å². The maximum atomic E-state index is 11.8. The van der Waals surface area contributed by atoms with Gasteiger partial charge < -0.3 is 15.4 Å². The minimum Gasteiger partial charge on any atom is -0.440 e. The van der Waals surface area contributed by atoms with Crippen LogP contribution in [0.2, 0.25) is 0 Å². The normalized spacial score (nSPS) is 16.6. The number of halogens is 3. The predicted octanol–water partition coefficient (Wildman–Crippen LogP) is 2.47. The number of alkyl halides is 3. The number of benzene rings is 1. The van der Waals surface area contributed by atoms with Crippen LogP contribution in [0.1, 0.15) is 30.0 Å². The molecule has 8 heteroatoms. The lowest BCUT2D eigenvalue weighted by Crippen LogP contribution is -2.33. The molecule has 2 rings (SSSR count). The number of hydrogen-bond donors (Lipinski definition) is 2. The fraction of sp³-hybridized carbons (Fsp3) is 0.467. The van der Waals surface area contributed by atoms with Crippen LogP contribution in [0.4, 0.5) is 18.0 Å². The Morgan fingerprint density at radius 2 is 2.00 bits per heavy atom. The van der Waals surface area contributed by atoms with Crippen molar-refractivity contribution in [2.45, 2.75) is 31.5 Å². The smallest absolute Gasteiger partial charge is 0.422 e. The van der Waals surface area contributed by atoms with Crippen LogP contribution in [-0.2, 0) is 16.0 Å². The van der Waals surface area contributed by atoms with Gasteiger partial charge in [-0.15, -0.1) is 0 Å². The number of carbonyl (C=O) groups is 2. The Kier molecular flexibility index (Phi) is 5.46. The van der Waals surface area contributed by atoms with E-state index in [4.69, 9.17) is 0 Å². The lowest BCUT2D eigenvalue weighted by Gasteiger charge is -2.14. The average Bonchev–Trinajstić information content (AvgIpc) is 2.88. The standard InChI is InChI=1S/C15H17F3N2O3/c16-15(17,18)9-23-14(22)19-8-7-13(21)20-12-6-5-10-3-1-2-4-11(10)12/h1-4,12H,5-9H2,(H,19,22)(H,20,21). The monoisotopic (exact) mass is 330 g/mol. The topological polar surface area (TPSA) is 67.4 Å². The molecule has 23 heavy (non-hydrogen) atoms. The van der Waals surface area contributed by atoms with Gasteiger partial charge in [0.05, 0.1) is 6.04 Å². The van der Waals surface area contributed by atoms with Gasteiger partial charge in [0.2, 0.25) is 5.91 Å². The van der Waals surface area contributed by atoms with Crippen LogP contribution in [0.5, 0.6) is 0 Å². The summed E-state index contributed by atoms with van der Waals surface area (Å²) in [5.74, 6) is -0.275. The maximum Gasteiger partial charge on any atom is 0.422 e. The molecule has 0 aliphatic heterocycles. The van der Waals surface area contributed by atoms with Gasteiger partial charge in [0.15, 0.2) is 6.61 Å². The summed E-state index contributed by atoms with van der Waals surface area (Å²) in [6.07, 6.45) is -4.08. The first-order valence-corrected chi connectivity index (χ1v) is 7.20. The third-order valence-electron chi connectivity index (χ3n) is 3.46. The second-order valence-corrected chi connectivity index (χ2v) is 5.23. The van der Waals surface area contributed by atoms with Crippen molar-refractivity contribution in [1.82, 2.24) is 10.6 Å². The lowest BCUT2D eigenvalue weighted by atomic mass is 10.1. The molecule has 0 fully saturated rings. The van der Waals surface area contributed by atoms with E-state index >= 15 is 0 Å². The molecule has 0 bridgehead atoms. The van der Waals surface area contributed by atoms with Crippen LogP contribution >= 0.6 is 0 Å². The molecule has 1 aliphatic carbocycles. The first kappa shape index (κ1) is 17.1. The molecule has 1 atom stereocenters. The minimum absolute atomic E-state index is 0.0280. The van der Waals surface area contributed by atoms with E-state index in [9.17, 15) is 22.8 Å². The van der Waals surface area contributed by atoms with E-state index in [1.165, 1.54) is 5.56 Å². The Bertz CT molecular complexity index is 575. The van der Waals surface area contributed by atoms with E-state index in [1.54, 1.807) is 0 Å². The summed E-state index contributed by atoms with van der Waals surface area (Å²) in [4.78, 5) is 22.8. The van der Waals surface area contributed by atoms with Crippen LogP contribution in [-0.4, -0.2) is 31.3 Å². The van der Waals surface area contributed by atoms with E-state index < -0.39 is 18.9 Å². The molecule has 0 spiro atoms. The van der Waals surface area contributed by atoms with E-state index in [0.717, 1.165) is 18.4 Å². The van der Waals surface area contributed by atoms with Crippen molar-refractivity contribution >= 4 is 12.0 Å². The number of ether oxygens (including phenoxy) is 1. The number of alkyl carbamates (subject to hydrolysis) is 1. The molecule has 1 unspecified atom stereocenters. The Morgan fingerprint density at radius 1 is 1.26 bits per heavy atom. The highest BCUT2D eigenvalue weighted by Gasteiger charge is 2.29. The van der Waals surface area contributed by atoms with Crippen molar-refractivity contribution in [3.05, 3.63) is 35.4 Å². The van der Waals surface area contributed by atoms with E-state index in [0.29, 0.717) is 0 Å². The second kappa shape index (κ2) is 7.34. The zero-order chi connectivity index (χ0) is 16.9. The van der Waals surface area contributed by atoms with Gasteiger partial charge in [-0.3, -0.25) is 4.79 Å². The fourth-order valence-corrected chi connectivity index (χ4v) is 2.45. The Balaban J connectivity index is 1.67. The van der Waals surface area contributed by atoms with Gasteiger partial charge in [-0.25, -0.2) is 4.79 Å². The molecule has 1 aromatic carbocycles. The molecule has 2 N–H and O–H groups in total. The highest BCUT2D eigenvalue weighted by molar-refractivity contribution is 5.77. The minimum atomic E-state index is -4.56. The molecule has 1 aliphatic rings. The largest absolute Gasteiger partial charge is 0.440 e. The summed E-state index contributed by atoms with van der Waals surface area (Å²) in [6, 6.07) is 7.76. The molecule has 5 nitrogen and oxygen atoms in total. The number of fused-ring (bicyclic) bond motifs is 1. The quantitative estimate of drug-likeness (QED) is 0.871. The molecule has 1 aromatic rings. The van der Waals surface area contributed by atoms with Gasteiger partial charge in [0.1, 0.15) is 0 Å². The molecule has 0 saturated heterocycles. The van der Waals surface area contributed by atoms with Crippen molar-refractivity contribution in [1.29, 1.82) is 0 Å². The van der Waals surface area contributed by atoms with Crippen molar-refractivity contribution < 1.29 is 27.5 Å². The number of rotatable bonds is 5. The molecule has 0 saturated carbocycles. The van der Waals surface area contributed by atoms with Gasteiger partial charge in [0.25, 0.3) is 0 Å². The zero-order valence-corrected chi connectivity index (χ0v) is 12.3. The van der Waals surface area contributed by atoms with Crippen molar-refractivity contribution in [3.8, 4) is 0 Å². The summed E-state index contributed by atoms with van der Waals surface area (Å²) in [6.45, 7) is -1.74. The second-order valence-electron chi connectivity index (χ2n) is 5.23.